The molecule has 1 aromatic rings. The molecule has 1 N–H and O–H groups in total. The molecule has 102 valence electrons. The molecule has 0 aliphatic heterocycles. The Hall–Kier alpha value is -0.540. The van der Waals surface area contributed by atoms with Crippen LogP contribution in [0.2, 0.25) is 0 Å². The molecule has 1 saturated carbocycles. The summed E-state index contributed by atoms with van der Waals surface area (Å²) in [5.41, 5.74) is 0. The summed E-state index contributed by atoms with van der Waals surface area (Å²) in [4.78, 5) is 1.44. The summed E-state index contributed by atoms with van der Waals surface area (Å²) in [5, 5.41) is 5.79. The van der Waals surface area contributed by atoms with Crippen molar-refractivity contribution < 1.29 is 4.74 Å². The van der Waals surface area contributed by atoms with E-state index < -0.39 is 0 Å². The van der Waals surface area contributed by atoms with Crippen molar-refractivity contribution in [1.29, 1.82) is 0 Å². The molecular formula is C15H25NOS. The lowest BCUT2D eigenvalue weighted by Crippen LogP contribution is -2.30. The third-order valence-electron chi connectivity index (χ3n) is 4.09. The maximum Gasteiger partial charge on any atom is 0.129 e. The van der Waals surface area contributed by atoms with E-state index in [-0.39, 0.29) is 0 Å². The molecule has 0 bridgehead atoms. The van der Waals surface area contributed by atoms with Crippen LogP contribution in [0.5, 0.6) is 5.75 Å². The van der Waals surface area contributed by atoms with E-state index in [9.17, 15) is 0 Å². The topological polar surface area (TPSA) is 21.3 Å². The van der Waals surface area contributed by atoms with Gasteiger partial charge >= 0.3 is 0 Å². The van der Waals surface area contributed by atoms with Crippen LogP contribution in [-0.2, 0) is 0 Å². The quantitative estimate of drug-likeness (QED) is 0.862. The van der Waals surface area contributed by atoms with Crippen molar-refractivity contribution in [1.82, 2.24) is 5.32 Å². The molecular weight excluding hydrogens is 242 g/mol. The Labute approximate surface area is 115 Å². The summed E-state index contributed by atoms with van der Waals surface area (Å²) in [7, 11) is 1.75. The van der Waals surface area contributed by atoms with Gasteiger partial charge < -0.3 is 10.1 Å². The van der Waals surface area contributed by atoms with Crippen molar-refractivity contribution in [3.63, 3.8) is 0 Å². The standard InChI is InChI=1S/C15H25NOS/c1-4-16-15(12-7-5-11(2)6-8-12)14-9-13(17-3)10-18-14/h9-12,15-16H,4-8H2,1-3H3. The fourth-order valence-electron chi connectivity index (χ4n) is 2.94. The molecule has 1 unspecified atom stereocenters. The summed E-state index contributed by atoms with van der Waals surface area (Å²) in [5.74, 6) is 2.72. The van der Waals surface area contributed by atoms with Crippen LogP contribution in [0.25, 0.3) is 0 Å². The Balaban J connectivity index is 2.07. The summed E-state index contributed by atoms with van der Waals surface area (Å²) in [6, 6.07) is 2.73. The summed E-state index contributed by atoms with van der Waals surface area (Å²) in [6.07, 6.45) is 5.49. The average molecular weight is 267 g/mol. The van der Waals surface area contributed by atoms with E-state index >= 15 is 0 Å². The molecule has 0 amide bonds. The van der Waals surface area contributed by atoms with E-state index in [1.807, 2.05) is 11.3 Å². The smallest absolute Gasteiger partial charge is 0.129 e. The second kappa shape index (κ2) is 6.58. The van der Waals surface area contributed by atoms with Crippen molar-refractivity contribution in [3.8, 4) is 5.75 Å². The minimum absolute atomic E-state index is 0.524. The molecule has 0 saturated heterocycles. The molecule has 3 heteroatoms. The van der Waals surface area contributed by atoms with E-state index in [1.54, 1.807) is 7.11 Å². The van der Waals surface area contributed by atoms with E-state index in [0.717, 1.165) is 24.1 Å². The van der Waals surface area contributed by atoms with Crippen molar-refractivity contribution in [2.75, 3.05) is 13.7 Å². The highest BCUT2D eigenvalue weighted by molar-refractivity contribution is 7.10. The third-order valence-corrected chi connectivity index (χ3v) is 5.09. The van der Waals surface area contributed by atoms with Crippen molar-refractivity contribution >= 4 is 11.3 Å². The van der Waals surface area contributed by atoms with E-state index in [0.29, 0.717) is 6.04 Å². The number of hydrogen-bond donors (Lipinski definition) is 1. The van der Waals surface area contributed by atoms with Gasteiger partial charge in [0, 0.05) is 16.3 Å². The molecule has 0 spiro atoms. The van der Waals surface area contributed by atoms with Gasteiger partial charge in [-0.15, -0.1) is 11.3 Å². The lowest BCUT2D eigenvalue weighted by atomic mass is 9.79. The average Bonchev–Trinajstić information content (AvgIpc) is 2.86. The number of ether oxygens (including phenoxy) is 1. The minimum Gasteiger partial charge on any atom is -0.496 e. The highest BCUT2D eigenvalue weighted by Gasteiger charge is 2.27. The second-order valence-electron chi connectivity index (χ2n) is 5.44. The number of rotatable bonds is 5. The fourth-order valence-corrected chi connectivity index (χ4v) is 3.97. The Kier molecular flexibility index (Phi) is 5.07. The number of methoxy groups -OCH3 is 1. The van der Waals surface area contributed by atoms with Crippen molar-refractivity contribution in [3.05, 3.63) is 16.3 Å². The highest BCUT2D eigenvalue weighted by atomic mass is 32.1. The molecule has 1 aliphatic carbocycles. The van der Waals surface area contributed by atoms with Crippen LogP contribution in [0, 0.1) is 11.8 Å². The van der Waals surface area contributed by atoms with Crippen LogP contribution in [0.15, 0.2) is 11.4 Å². The van der Waals surface area contributed by atoms with Crippen molar-refractivity contribution in [2.45, 2.75) is 45.6 Å². The number of hydrogen-bond acceptors (Lipinski definition) is 3. The lowest BCUT2D eigenvalue weighted by Gasteiger charge is -2.32. The maximum atomic E-state index is 5.31. The number of nitrogens with one attached hydrogen (secondary N) is 1. The monoisotopic (exact) mass is 267 g/mol. The first-order valence-corrected chi connectivity index (χ1v) is 7.98. The molecule has 2 nitrogen and oxygen atoms in total. The van der Waals surface area contributed by atoms with Gasteiger partial charge in [-0.2, -0.15) is 0 Å². The van der Waals surface area contributed by atoms with Crippen LogP contribution in [0.1, 0.15) is 50.4 Å². The van der Waals surface area contributed by atoms with Gasteiger partial charge in [0.05, 0.1) is 7.11 Å². The Morgan fingerprint density at radius 2 is 2.11 bits per heavy atom. The van der Waals surface area contributed by atoms with E-state index in [2.05, 4.69) is 30.6 Å². The highest BCUT2D eigenvalue weighted by Crippen LogP contribution is 2.39. The zero-order valence-corrected chi connectivity index (χ0v) is 12.6. The summed E-state index contributed by atoms with van der Waals surface area (Å²) < 4.78 is 5.31. The van der Waals surface area contributed by atoms with Crippen LogP contribution in [-0.4, -0.2) is 13.7 Å². The zero-order chi connectivity index (χ0) is 13.0. The molecule has 1 heterocycles. The van der Waals surface area contributed by atoms with Crippen LogP contribution in [0.4, 0.5) is 0 Å². The predicted octanol–water partition coefficient (Wildman–Crippen LogP) is 4.23. The van der Waals surface area contributed by atoms with Gasteiger partial charge in [-0.25, -0.2) is 0 Å². The van der Waals surface area contributed by atoms with Gasteiger partial charge in [0.2, 0.25) is 0 Å². The van der Waals surface area contributed by atoms with Gasteiger partial charge in [0.15, 0.2) is 0 Å². The zero-order valence-electron chi connectivity index (χ0n) is 11.7. The first-order valence-electron chi connectivity index (χ1n) is 7.10. The van der Waals surface area contributed by atoms with Gasteiger partial charge in [-0.3, -0.25) is 0 Å². The van der Waals surface area contributed by atoms with Gasteiger partial charge in [0.1, 0.15) is 5.75 Å². The predicted molar refractivity (Wildman–Crippen MR) is 78.4 cm³/mol. The minimum atomic E-state index is 0.524. The summed E-state index contributed by atoms with van der Waals surface area (Å²) in [6.45, 7) is 5.62. The molecule has 1 aliphatic rings. The van der Waals surface area contributed by atoms with Gasteiger partial charge in [-0.1, -0.05) is 26.7 Å². The van der Waals surface area contributed by atoms with Gasteiger partial charge in [0.25, 0.3) is 0 Å². The summed E-state index contributed by atoms with van der Waals surface area (Å²) >= 11 is 1.83. The van der Waals surface area contributed by atoms with Crippen LogP contribution >= 0.6 is 11.3 Å². The maximum absolute atomic E-state index is 5.31. The molecule has 0 radical (unpaired) electrons. The molecule has 1 aromatic heterocycles. The fraction of sp³-hybridized carbons (Fsp3) is 0.733. The SMILES string of the molecule is CCNC(c1cc(OC)cs1)C1CCC(C)CC1. The normalized spacial score (nSPS) is 25.9. The molecule has 0 aromatic carbocycles. The Bertz CT molecular complexity index is 355. The van der Waals surface area contributed by atoms with E-state index in [4.69, 9.17) is 4.74 Å². The largest absolute Gasteiger partial charge is 0.496 e. The molecule has 1 atom stereocenters. The molecule has 1 fully saturated rings. The molecule has 2 rings (SSSR count). The third kappa shape index (κ3) is 3.27. The number of thiophene rings is 1. The second-order valence-corrected chi connectivity index (χ2v) is 6.39. The van der Waals surface area contributed by atoms with Crippen LogP contribution in [0.3, 0.4) is 0 Å². The van der Waals surface area contributed by atoms with E-state index in [1.165, 1.54) is 30.6 Å². The first-order chi connectivity index (χ1) is 8.74. The Morgan fingerprint density at radius 1 is 1.39 bits per heavy atom. The Morgan fingerprint density at radius 3 is 2.67 bits per heavy atom. The van der Waals surface area contributed by atoms with Crippen molar-refractivity contribution in [2.24, 2.45) is 11.8 Å². The first kappa shape index (κ1) is 13.9. The lowest BCUT2D eigenvalue weighted by molar-refractivity contribution is 0.235. The van der Waals surface area contributed by atoms with Gasteiger partial charge in [-0.05, 0) is 37.3 Å². The molecule has 18 heavy (non-hydrogen) atoms. The van der Waals surface area contributed by atoms with Crippen LogP contribution < -0.4 is 10.1 Å².